The van der Waals surface area contributed by atoms with Crippen molar-refractivity contribution in [2.24, 2.45) is 0 Å². The van der Waals surface area contributed by atoms with Crippen LogP contribution in [-0.4, -0.2) is 68.9 Å². The predicted molar refractivity (Wildman–Crippen MR) is 94.5 cm³/mol. The van der Waals surface area contributed by atoms with Gasteiger partial charge < -0.3 is 18.9 Å². The van der Waals surface area contributed by atoms with E-state index >= 15 is 0 Å². The summed E-state index contributed by atoms with van der Waals surface area (Å²) in [5.41, 5.74) is 0.483. The highest BCUT2D eigenvalue weighted by Gasteiger charge is 2.44. The number of sulfone groups is 1. The van der Waals surface area contributed by atoms with E-state index in [9.17, 15) is 22.8 Å². The van der Waals surface area contributed by atoms with Crippen LogP contribution in [-0.2, 0) is 43.2 Å². The minimum absolute atomic E-state index is 0.0174. The van der Waals surface area contributed by atoms with Gasteiger partial charge in [0.05, 0.1) is 17.6 Å². The van der Waals surface area contributed by atoms with Gasteiger partial charge in [-0.15, -0.1) is 0 Å². The van der Waals surface area contributed by atoms with Crippen molar-refractivity contribution in [2.75, 3.05) is 18.1 Å². The zero-order valence-corrected chi connectivity index (χ0v) is 16.7. The molecule has 1 fully saturated rings. The fourth-order valence-electron chi connectivity index (χ4n) is 2.84. The number of ether oxygens (including phenoxy) is 4. The van der Waals surface area contributed by atoms with E-state index in [2.05, 4.69) is 6.58 Å². The molecule has 0 aliphatic carbocycles. The maximum absolute atomic E-state index is 12.3. The van der Waals surface area contributed by atoms with Gasteiger partial charge in [-0.1, -0.05) is 12.2 Å². The Morgan fingerprint density at radius 1 is 1.04 bits per heavy atom. The van der Waals surface area contributed by atoms with Crippen LogP contribution in [0.15, 0.2) is 12.2 Å². The van der Waals surface area contributed by atoms with Crippen molar-refractivity contribution in [3.63, 3.8) is 0 Å². The van der Waals surface area contributed by atoms with E-state index in [0.29, 0.717) is 5.57 Å². The first-order valence-electron chi connectivity index (χ1n) is 8.37. The monoisotopic (exact) mass is 406 g/mol. The molecule has 0 bridgehead atoms. The number of hydrogen-bond acceptors (Lipinski definition) is 9. The fraction of sp³-hybridized carbons (Fsp3) is 0.706. The second-order valence-corrected chi connectivity index (χ2v) is 8.68. The largest absolute Gasteiger partial charge is 0.463 e. The third kappa shape index (κ3) is 8.53. The molecule has 0 aromatic heterocycles. The summed E-state index contributed by atoms with van der Waals surface area (Å²) < 4.78 is 45.6. The summed E-state index contributed by atoms with van der Waals surface area (Å²) in [4.78, 5) is 34.0. The van der Waals surface area contributed by atoms with Crippen molar-refractivity contribution in [1.82, 2.24) is 0 Å². The highest BCUT2D eigenvalue weighted by molar-refractivity contribution is 7.91. The smallest absolute Gasteiger partial charge is 0.303 e. The molecule has 1 aliphatic rings. The third-order valence-corrected chi connectivity index (χ3v) is 5.38. The Hall–Kier alpha value is -1.94. The summed E-state index contributed by atoms with van der Waals surface area (Å²) in [7, 11) is -3.51. The molecule has 0 N–H and O–H groups in total. The van der Waals surface area contributed by atoms with E-state index in [1.165, 1.54) is 20.8 Å². The molecule has 27 heavy (non-hydrogen) atoms. The second-order valence-electron chi connectivity index (χ2n) is 6.57. The fourth-order valence-corrected chi connectivity index (χ4v) is 4.49. The molecular weight excluding hydrogens is 380 g/mol. The molecule has 0 amide bonds. The van der Waals surface area contributed by atoms with Gasteiger partial charge in [-0.3, -0.25) is 14.4 Å². The lowest BCUT2D eigenvalue weighted by atomic mass is 9.98. The molecule has 1 heterocycles. The topological polar surface area (TPSA) is 122 Å². The second kappa shape index (κ2) is 9.84. The maximum atomic E-state index is 12.3. The quantitative estimate of drug-likeness (QED) is 0.323. The molecule has 0 aromatic carbocycles. The SMILES string of the molecule is C=C(C)CS(=O)(=O)CC1C[C@@H](OC(C)=O)[C@H](OC(C)=O)[C@@H](COC(C)=O)O1. The summed E-state index contributed by atoms with van der Waals surface area (Å²) in [6, 6.07) is 0. The molecule has 1 unspecified atom stereocenters. The lowest BCUT2D eigenvalue weighted by molar-refractivity contribution is -0.212. The van der Waals surface area contributed by atoms with Crippen LogP contribution in [0.5, 0.6) is 0 Å². The standard InChI is InChI=1S/C17H26O9S/c1-10(2)8-27(21,22)9-14-6-15(24-12(4)19)17(25-13(5)20)16(26-14)7-23-11(3)18/h14-17H,1,6-9H2,2-5H3/t14?,15-,16-,17+/m1/s1. The average molecular weight is 406 g/mol. The first kappa shape index (κ1) is 23.1. The zero-order valence-electron chi connectivity index (χ0n) is 15.9. The normalized spacial score (nSPS) is 25.3. The van der Waals surface area contributed by atoms with Gasteiger partial charge in [0, 0.05) is 27.2 Å². The Morgan fingerprint density at radius 2 is 1.63 bits per heavy atom. The summed E-state index contributed by atoms with van der Waals surface area (Å²) in [6.45, 7) is 8.48. The van der Waals surface area contributed by atoms with Gasteiger partial charge >= 0.3 is 17.9 Å². The molecule has 1 aliphatic heterocycles. The Labute approximate surface area is 158 Å². The number of rotatable bonds is 8. The van der Waals surface area contributed by atoms with Gasteiger partial charge in [0.15, 0.2) is 15.9 Å². The summed E-state index contributed by atoms with van der Waals surface area (Å²) in [5.74, 6) is -2.37. The molecule has 0 aromatic rings. The molecule has 1 rings (SSSR count). The van der Waals surface area contributed by atoms with Crippen LogP contribution in [0.2, 0.25) is 0 Å². The van der Waals surface area contributed by atoms with Gasteiger partial charge in [0.25, 0.3) is 0 Å². The average Bonchev–Trinajstić information content (AvgIpc) is 2.44. The van der Waals surface area contributed by atoms with Crippen molar-refractivity contribution in [3.05, 3.63) is 12.2 Å². The van der Waals surface area contributed by atoms with Crippen LogP contribution in [0.1, 0.15) is 34.1 Å². The van der Waals surface area contributed by atoms with Crippen molar-refractivity contribution >= 4 is 27.7 Å². The van der Waals surface area contributed by atoms with Gasteiger partial charge in [0.2, 0.25) is 0 Å². The van der Waals surface area contributed by atoms with Gasteiger partial charge in [-0.05, 0) is 6.92 Å². The predicted octanol–water partition coefficient (Wildman–Crippen LogP) is 0.561. The molecule has 10 heteroatoms. The number of carbonyl (C=O) groups is 3. The molecule has 4 atom stereocenters. The van der Waals surface area contributed by atoms with Crippen molar-refractivity contribution in [2.45, 2.75) is 58.5 Å². The van der Waals surface area contributed by atoms with Crippen molar-refractivity contribution in [3.8, 4) is 0 Å². The Morgan fingerprint density at radius 3 is 2.11 bits per heavy atom. The van der Waals surface area contributed by atoms with Crippen LogP contribution >= 0.6 is 0 Å². The van der Waals surface area contributed by atoms with Crippen LogP contribution in [0, 0.1) is 0 Å². The minimum atomic E-state index is -3.51. The maximum Gasteiger partial charge on any atom is 0.303 e. The van der Waals surface area contributed by atoms with E-state index in [0.717, 1.165) is 0 Å². The first-order valence-corrected chi connectivity index (χ1v) is 10.2. The number of hydrogen-bond donors (Lipinski definition) is 0. The minimum Gasteiger partial charge on any atom is -0.463 e. The molecule has 0 saturated carbocycles. The van der Waals surface area contributed by atoms with Crippen molar-refractivity contribution in [1.29, 1.82) is 0 Å². The Balaban J connectivity index is 3.05. The Kier molecular flexibility index (Phi) is 8.42. The highest BCUT2D eigenvalue weighted by Crippen LogP contribution is 2.27. The molecule has 0 radical (unpaired) electrons. The molecule has 0 spiro atoms. The van der Waals surface area contributed by atoms with Gasteiger partial charge in [-0.25, -0.2) is 8.42 Å². The van der Waals surface area contributed by atoms with Gasteiger partial charge in [-0.2, -0.15) is 0 Å². The van der Waals surface area contributed by atoms with Crippen molar-refractivity contribution < 1.29 is 41.7 Å². The molecular formula is C17H26O9S. The third-order valence-electron chi connectivity index (χ3n) is 3.57. The number of esters is 3. The van der Waals surface area contributed by atoms with Crippen LogP contribution in [0.4, 0.5) is 0 Å². The summed E-state index contributed by atoms with van der Waals surface area (Å²) >= 11 is 0. The summed E-state index contributed by atoms with van der Waals surface area (Å²) in [6.07, 6.45) is -3.73. The van der Waals surface area contributed by atoms with E-state index in [-0.39, 0.29) is 24.5 Å². The van der Waals surface area contributed by atoms with Crippen LogP contribution in [0.25, 0.3) is 0 Å². The molecule has 9 nitrogen and oxygen atoms in total. The first-order chi connectivity index (χ1) is 12.4. The van der Waals surface area contributed by atoms with E-state index < -0.39 is 52.2 Å². The van der Waals surface area contributed by atoms with E-state index in [1.54, 1.807) is 6.92 Å². The van der Waals surface area contributed by atoms with E-state index in [4.69, 9.17) is 18.9 Å². The van der Waals surface area contributed by atoms with Gasteiger partial charge in [0.1, 0.15) is 18.8 Å². The number of carbonyl (C=O) groups excluding carboxylic acids is 3. The molecule has 154 valence electrons. The molecule has 1 saturated heterocycles. The summed E-state index contributed by atoms with van der Waals surface area (Å²) in [5, 5.41) is 0. The van der Waals surface area contributed by atoms with E-state index in [1.807, 2.05) is 0 Å². The highest BCUT2D eigenvalue weighted by atomic mass is 32.2. The lowest BCUT2D eigenvalue weighted by Gasteiger charge is -2.40. The van der Waals surface area contributed by atoms with Crippen LogP contribution < -0.4 is 0 Å². The van der Waals surface area contributed by atoms with Crippen LogP contribution in [0.3, 0.4) is 0 Å². The zero-order chi connectivity index (χ0) is 20.8. The lowest BCUT2D eigenvalue weighted by Crippen LogP contribution is -2.54. The Bertz CT molecular complexity index is 683.